The number of amides is 2. The maximum Gasteiger partial charge on any atom is 0.248 e. The van der Waals surface area contributed by atoms with Crippen molar-refractivity contribution in [1.82, 2.24) is 15.1 Å². The fourth-order valence-electron chi connectivity index (χ4n) is 4.17. The van der Waals surface area contributed by atoms with Crippen molar-refractivity contribution in [3.8, 4) is 0 Å². The summed E-state index contributed by atoms with van der Waals surface area (Å²) in [5, 5.41) is 2.86. The lowest BCUT2D eigenvalue weighted by molar-refractivity contribution is -0.157. The van der Waals surface area contributed by atoms with Gasteiger partial charge >= 0.3 is 0 Å². The molecule has 0 aliphatic carbocycles. The lowest BCUT2D eigenvalue weighted by Gasteiger charge is -2.46. The van der Waals surface area contributed by atoms with Gasteiger partial charge in [0.05, 0.1) is 12.7 Å². The summed E-state index contributed by atoms with van der Waals surface area (Å²) in [7, 11) is 0. The van der Waals surface area contributed by atoms with Crippen LogP contribution in [0.25, 0.3) is 0 Å². The van der Waals surface area contributed by atoms with E-state index in [-0.39, 0.29) is 17.6 Å². The molecule has 6 nitrogen and oxygen atoms in total. The molecule has 164 valence electrons. The molecule has 7 heteroatoms. The molecule has 3 atom stereocenters. The molecular formula is C24H28FN3O3. The number of carbonyl (C=O) groups excluding carboxylic acids is 2. The minimum Gasteiger partial charge on any atom is -0.371 e. The van der Waals surface area contributed by atoms with Crippen LogP contribution in [0.4, 0.5) is 4.39 Å². The number of benzene rings is 2. The zero-order valence-electron chi connectivity index (χ0n) is 17.9. The van der Waals surface area contributed by atoms with Gasteiger partial charge in [0.2, 0.25) is 11.8 Å². The minimum atomic E-state index is -0.690. The van der Waals surface area contributed by atoms with Gasteiger partial charge in [0, 0.05) is 26.2 Å². The highest BCUT2D eigenvalue weighted by atomic mass is 19.1. The Bertz CT molecular complexity index is 952. The number of ether oxygens (including phenoxy) is 1. The maximum atomic E-state index is 13.9. The second-order valence-electron chi connectivity index (χ2n) is 8.35. The van der Waals surface area contributed by atoms with Crippen molar-refractivity contribution in [3.05, 3.63) is 71.0 Å². The van der Waals surface area contributed by atoms with E-state index < -0.39 is 18.2 Å². The molecule has 2 saturated heterocycles. The van der Waals surface area contributed by atoms with Crippen LogP contribution >= 0.6 is 0 Å². The summed E-state index contributed by atoms with van der Waals surface area (Å²) >= 11 is 0. The molecule has 1 N–H and O–H groups in total. The SMILES string of the molecule is Cc1ccc(CN2CCN3C(=O)[C@H]([C@@H](C)OCc4ccccc4)NC(=O)[C@H]3C2)cc1F. The molecule has 0 bridgehead atoms. The average molecular weight is 426 g/mol. The first-order valence-electron chi connectivity index (χ1n) is 10.7. The largest absolute Gasteiger partial charge is 0.371 e. The van der Waals surface area contributed by atoms with Gasteiger partial charge in [-0.05, 0) is 36.6 Å². The molecule has 2 aromatic rings. The van der Waals surface area contributed by atoms with Crippen molar-refractivity contribution in [1.29, 1.82) is 0 Å². The number of hydrogen-bond acceptors (Lipinski definition) is 4. The molecule has 0 radical (unpaired) electrons. The first kappa shape index (κ1) is 21.5. The molecule has 4 rings (SSSR count). The van der Waals surface area contributed by atoms with Crippen LogP contribution in [-0.2, 0) is 27.5 Å². The molecule has 0 spiro atoms. The molecule has 2 amide bonds. The number of nitrogens with zero attached hydrogens (tertiary/aromatic N) is 2. The standard InChI is InChI=1S/C24H28FN3O3/c1-16-8-9-19(12-20(16)25)13-27-10-11-28-21(14-27)23(29)26-22(24(28)30)17(2)31-15-18-6-4-3-5-7-18/h3-9,12,17,21-22H,10-11,13-15H2,1-2H3,(H,26,29)/t17-,21-,22+/m1/s1. The van der Waals surface area contributed by atoms with Crippen molar-refractivity contribution >= 4 is 11.8 Å². The van der Waals surface area contributed by atoms with Gasteiger partial charge in [-0.1, -0.05) is 42.5 Å². The Balaban J connectivity index is 1.36. The van der Waals surface area contributed by atoms with Gasteiger partial charge in [-0.15, -0.1) is 0 Å². The molecule has 31 heavy (non-hydrogen) atoms. The van der Waals surface area contributed by atoms with Crippen molar-refractivity contribution in [2.24, 2.45) is 0 Å². The topological polar surface area (TPSA) is 61.9 Å². The lowest BCUT2D eigenvalue weighted by Crippen LogP contribution is -2.71. The van der Waals surface area contributed by atoms with Crippen LogP contribution in [0.15, 0.2) is 48.5 Å². The Labute approximate surface area is 182 Å². The van der Waals surface area contributed by atoms with Crippen LogP contribution in [0, 0.1) is 12.7 Å². The molecule has 0 saturated carbocycles. The van der Waals surface area contributed by atoms with Crippen LogP contribution in [0.1, 0.15) is 23.6 Å². The Hall–Kier alpha value is -2.77. The Morgan fingerprint density at radius 3 is 2.65 bits per heavy atom. The monoisotopic (exact) mass is 425 g/mol. The predicted molar refractivity (Wildman–Crippen MR) is 115 cm³/mol. The summed E-state index contributed by atoms with van der Waals surface area (Å²) in [6, 6.07) is 13.7. The van der Waals surface area contributed by atoms with Gasteiger partial charge in [0.1, 0.15) is 17.9 Å². The molecular weight excluding hydrogens is 397 g/mol. The molecule has 0 aromatic heterocycles. The number of carbonyl (C=O) groups is 2. The van der Waals surface area contributed by atoms with Crippen LogP contribution in [0.2, 0.25) is 0 Å². The lowest BCUT2D eigenvalue weighted by atomic mass is 10.0. The van der Waals surface area contributed by atoms with E-state index in [1.807, 2.05) is 43.3 Å². The minimum absolute atomic E-state index is 0.105. The highest BCUT2D eigenvalue weighted by Gasteiger charge is 2.45. The van der Waals surface area contributed by atoms with E-state index in [9.17, 15) is 14.0 Å². The third-order valence-corrected chi connectivity index (χ3v) is 6.08. The van der Waals surface area contributed by atoms with Crippen molar-refractivity contribution in [3.63, 3.8) is 0 Å². The first-order chi connectivity index (χ1) is 14.9. The predicted octanol–water partition coefficient (Wildman–Crippen LogP) is 2.25. The van der Waals surface area contributed by atoms with Gasteiger partial charge in [-0.3, -0.25) is 14.5 Å². The van der Waals surface area contributed by atoms with E-state index in [4.69, 9.17) is 4.74 Å². The van der Waals surface area contributed by atoms with Gasteiger partial charge in [-0.25, -0.2) is 4.39 Å². The Morgan fingerprint density at radius 2 is 1.90 bits per heavy atom. The van der Waals surface area contributed by atoms with Crippen molar-refractivity contribution < 1.29 is 18.7 Å². The molecule has 2 aromatic carbocycles. The maximum absolute atomic E-state index is 13.9. The fourth-order valence-corrected chi connectivity index (χ4v) is 4.17. The van der Waals surface area contributed by atoms with Crippen molar-refractivity contribution in [2.45, 2.75) is 45.2 Å². The number of aryl methyl sites for hydroxylation is 1. The molecule has 2 aliphatic rings. The molecule has 0 unspecified atom stereocenters. The van der Waals surface area contributed by atoms with E-state index in [0.717, 1.165) is 11.1 Å². The number of piperazine rings is 2. The van der Waals surface area contributed by atoms with Gasteiger partial charge in [0.15, 0.2) is 0 Å². The number of hydrogen-bond donors (Lipinski definition) is 1. The fraction of sp³-hybridized carbons (Fsp3) is 0.417. The highest BCUT2D eigenvalue weighted by Crippen LogP contribution is 2.21. The van der Waals surface area contributed by atoms with Crippen LogP contribution in [-0.4, -0.2) is 59.4 Å². The average Bonchev–Trinajstić information content (AvgIpc) is 2.78. The molecule has 2 aliphatic heterocycles. The second-order valence-corrected chi connectivity index (χ2v) is 8.35. The quantitative estimate of drug-likeness (QED) is 0.771. The normalized spacial score (nSPS) is 22.7. The Kier molecular flexibility index (Phi) is 6.34. The smallest absolute Gasteiger partial charge is 0.248 e. The zero-order valence-corrected chi connectivity index (χ0v) is 17.9. The van der Waals surface area contributed by atoms with Gasteiger partial charge in [0.25, 0.3) is 0 Å². The van der Waals surface area contributed by atoms with Crippen LogP contribution in [0.5, 0.6) is 0 Å². The second kappa shape index (κ2) is 9.16. The van der Waals surface area contributed by atoms with E-state index >= 15 is 0 Å². The summed E-state index contributed by atoms with van der Waals surface area (Å²) < 4.78 is 19.7. The number of fused-ring (bicyclic) bond motifs is 1. The van der Waals surface area contributed by atoms with E-state index in [0.29, 0.717) is 38.3 Å². The van der Waals surface area contributed by atoms with Crippen molar-refractivity contribution in [2.75, 3.05) is 19.6 Å². The first-order valence-corrected chi connectivity index (χ1v) is 10.7. The zero-order chi connectivity index (χ0) is 22.0. The van der Waals surface area contributed by atoms with E-state index in [1.54, 1.807) is 17.9 Å². The summed E-state index contributed by atoms with van der Waals surface area (Å²) in [6.45, 7) is 6.00. The number of rotatable bonds is 6. The summed E-state index contributed by atoms with van der Waals surface area (Å²) in [5.74, 6) is -0.500. The molecule has 2 fully saturated rings. The van der Waals surface area contributed by atoms with Crippen LogP contribution in [0.3, 0.4) is 0 Å². The van der Waals surface area contributed by atoms with Gasteiger partial charge in [-0.2, -0.15) is 0 Å². The Morgan fingerprint density at radius 1 is 1.13 bits per heavy atom. The third-order valence-electron chi connectivity index (χ3n) is 6.08. The van der Waals surface area contributed by atoms with Crippen LogP contribution < -0.4 is 5.32 Å². The molecule has 2 heterocycles. The highest BCUT2D eigenvalue weighted by molar-refractivity contribution is 5.97. The van der Waals surface area contributed by atoms with Gasteiger partial charge < -0.3 is 15.0 Å². The number of nitrogens with one attached hydrogen (secondary N) is 1. The summed E-state index contributed by atoms with van der Waals surface area (Å²) in [5.41, 5.74) is 2.49. The van der Waals surface area contributed by atoms with E-state index in [1.165, 1.54) is 6.07 Å². The summed E-state index contributed by atoms with van der Waals surface area (Å²) in [6.07, 6.45) is -0.439. The summed E-state index contributed by atoms with van der Waals surface area (Å²) in [4.78, 5) is 29.6. The van der Waals surface area contributed by atoms with E-state index in [2.05, 4.69) is 10.2 Å². The third kappa shape index (κ3) is 4.78. The number of halogens is 1.